The van der Waals surface area contributed by atoms with Gasteiger partial charge in [-0.15, -0.1) is 0 Å². The first-order valence-corrected chi connectivity index (χ1v) is 12.0. The quantitative estimate of drug-likeness (QED) is 0.483. The average Bonchev–Trinajstić information content (AvgIpc) is 2.81. The second kappa shape index (κ2) is 10.1. The molecule has 4 rings (SSSR count). The van der Waals surface area contributed by atoms with Crippen LogP contribution in [-0.2, 0) is 30.4 Å². The third-order valence-corrected chi connectivity index (χ3v) is 7.10. The Hall–Kier alpha value is -1.99. The molecule has 2 aromatic rings. The first-order chi connectivity index (χ1) is 15.7. The molecule has 1 fully saturated rings. The highest BCUT2D eigenvalue weighted by Gasteiger charge is 2.34. The van der Waals surface area contributed by atoms with E-state index >= 15 is 0 Å². The minimum Gasteiger partial charge on any atom is -0.356 e. The average molecular weight is 500 g/mol. The first-order valence-electron chi connectivity index (χ1n) is 11.3. The fourth-order valence-electron chi connectivity index (χ4n) is 4.60. The molecule has 0 aliphatic carbocycles. The van der Waals surface area contributed by atoms with E-state index in [0.29, 0.717) is 67.7 Å². The maximum atomic E-state index is 13.2. The highest BCUT2D eigenvalue weighted by Crippen LogP contribution is 2.33. The van der Waals surface area contributed by atoms with Gasteiger partial charge < -0.3 is 9.80 Å². The van der Waals surface area contributed by atoms with Crippen LogP contribution in [-0.4, -0.2) is 35.4 Å². The first kappa shape index (κ1) is 24.1. The molecule has 0 spiro atoms. The summed E-state index contributed by atoms with van der Waals surface area (Å²) in [6.07, 6.45) is 0.494. The van der Waals surface area contributed by atoms with Gasteiger partial charge in [0.2, 0.25) is 5.91 Å². The number of carbonyl (C=O) groups is 1. The lowest BCUT2D eigenvalue weighted by Crippen LogP contribution is -2.36. The van der Waals surface area contributed by atoms with Crippen molar-refractivity contribution in [1.82, 2.24) is 9.88 Å². The molecule has 0 radical (unpaired) electrons. The van der Waals surface area contributed by atoms with Crippen LogP contribution >= 0.6 is 23.2 Å². The summed E-state index contributed by atoms with van der Waals surface area (Å²) in [5.41, 5.74) is 1.78. The number of amides is 1. The normalized spacial score (nSPS) is 16.6. The van der Waals surface area contributed by atoms with Gasteiger partial charge in [0.1, 0.15) is 11.5 Å². The molecule has 1 saturated heterocycles. The van der Waals surface area contributed by atoms with Gasteiger partial charge in [-0.2, -0.15) is 13.2 Å². The summed E-state index contributed by atoms with van der Waals surface area (Å²) in [6.45, 7) is 2.41. The van der Waals surface area contributed by atoms with Crippen LogP contribution in [0.1, 0.15) is 54.5 Å². The minimum absolute atomic E-state index is 0.0103. The summed E-state index contributed by atoms with van der Waals surface area (Å²) in [7, 11) is 0. The molecule has 0 atom stereocenters. The predicted octanol–water partition coefficient (Wildman–Crippen LogP) is 6.31. The van der Waals surface area contributed by atoms with Gasteiger partial charge in [-0.25, -0.2) is 4.98 Å². The Morgan fingerprint density at radius 3 is 2.36 bits per heavy atom. The van der Waals surface area contributed by atoms with E-state index in [1.807, 2.05) is 4.90 Å². The molecular formula is C24H26Cl2F3N3O. The van der Waals surface area contributed by atoms with Gasteiger partial charge in [-0.3, -0.25) is 4.79 Å². The molecule has 1 amide bonds. The number of pyridine rings is 1. The Morgan fingerprint density at radius 2 is 1.67 bits per heavy atom. The summed E-state index contributed by atoms with van der Waals surface area (Å²) >= 11 is 12.6. The van der Waals surface area contributed by atoms with E-state index < -0.39 is 11.9 Å². The Morgan fingerprint density at radius 1 is 0.970 bits per heavy atom. The van der Waals surface area contributed by atoms with E-state index in [1.54, 1.807) is 17.0 Å². The number of aromatic nitrogens is 1. The Labute approximate surface area is 201 Å². The summed E-state index contributed by atoms with van der Waals surface area (Å²) in [6, 6.07) is 6.08. The summed E-state index contributed by atoms with van der Waals surface area (Å²) in [4.78, 5) is 20.5. The maximum Gasteiger partial charge on any atom is 0.433 e. The van der Waals surface area contributed by atoms with Crippen molar-refractivity contribution in [3.8, 4) is 0 Å². The number of aryl methyl sites for hydroxylation is 1. The molecule has 178 valence electrons. The number of nitrogens with zero attached hydrogens (tertiary/aromatic N) is 3. The van der Waals surface area contributed by atoms with Gasteiger partial charge >= 0.3 is 6.18 Å². The zero-order chi connectivity index (χ0) is 23.6. The van der Waals surface area contributed by atoms with Crippen LogP contribution < -0.4 is 4.90 Å². The summed E-state index contributed by atoms with van der Waals surface area (Å²) in [5.74, 6) is 0.418. The van der Waals surface area contributed by atoms with E-state index in [-0.39, 0.29) is 5.91 Å². The van der Waals surface area contributed by atoms with Crippen LogP contribution in [0.3, 0.4) is 0 Å². The van der Waals surface area contributed by atoms with Gasteiger partial charge in [-0.05, 0) is 73.4 Å². The molecular weight excluding hydrogens is 474 g/mol. The molecule has 0 N–H and O–H groups in total. The maximum absolute atomic E-state index is 13.2. The van der Waals surface area contributed by atoms with Crippen molar-refractivity contribution in [2.75, 3.05) is 24.5 Å². The number of halogens is 5. The molecule has 0 saturated carbocycles. The lowest BCUT2D eigenvalue weighted by atomic mass is 9.99. The number of carbonyl (C=O) groups excluding carboxylic acids is 1. The second-order valence-corrected chi connectivity index (χ2v) is 9.44. The second-order valence-electron chi connectivity index (χ2n) is 8.63. The van der Waals surface area contributed by atoms with E-state index in [1.165, 1.54) is 6.07 Å². The van der Waals surface area contributed by atoms with Crippen molar-refractivity contribution in [1.29, 1.82) is 0 Å². The number of hydrogen-bond donors (Lipinski definition) is 0. The van der Waals surface area contributed by atoms with Gasteiger partial charge in [0, 0.05) is 42.6 Å². The van der Waals surface area contributed by atoms with Crippen LogP contribution in [0.4, 0.5) is 19.0 Å². The van der Waals surface area contributed by atoms with Gasteiger partial charge in [0.25, 0.3) is 0 Å². The Kier molecular flexibility index (Phi) is 7.39. The number of anilines is 1. The van der Waals surface area contributed by atoms with Crippen LogP contribution in [0.15, 0.2) is 24.3 Å². The van der Waals surface area contributed by atoms with Crippen LogP contribution in [0.5, 0.6) is 0 Å². The highest BCUT2D eigenvalue weighted by atomic mass is 35.5. The monoisotopic (exact) mass is 499 g/mol. The van der Waals surface area contributed by atoms with Crippen LogP contribution in [0.2, 0.25) is 10.0 Å². The van der Waals surface area contributed by atoms with Gasteiger partial charge in [0.05, 0.1) is 0 Å². The predicted molar refractivity (Wildman–Crippen MR) is 124 cm³/mol. The molecule has 0 unspecified atom stereocenters. The van der Waals surface area contributed by atoms with Crippen molar-refractivity contribution >= 4 is 34.9 Å². The summed E-state index contributed by atoms with van der Waals surface area (Å²) < 4.78 is 39.7. The number of alkyl halides is 3. The largest absolute Gasteiger partial charge is 0.433 e. The number of piperidine rings is 1. The lowest BCUT2D eigenvalue weighted by molar-refractivity contribution is -0.141. The SMILES string of the molecule is O=C(CCCc1ccc(C(F)(F)F)nc1N1CCCCC1)N1CCc2c(Cl)ccc(Cl)c2C1. The van der Waals surface area contributed by atoms with E-state index in [0.717, 1.165) is 42.0 Å². The van der Waals surface area contributed by atoms with Crippen molar-refractivity contribution in [2.45, 2.75) is 57.7 Å². The van der Waals surface area contributed by atoms with Crippen LogP contribution in [0, 0.1) is 0 Å². The highest BCUT2D eigenvalue weighted by molar-refractivity contribution is 6.34. The Balaban J connectivity index is 1.42. The van der Waals surface area contributed by atoms with E-state index in [4.69, 9.17) is 23.2 Å². The van der Waals surface area contributed by atoms with Crippen LogP contribution in [0.25, 0.3) is 0 Å². The van der Waals surface area contributed by atoms with E-state index in [9.17, 15) is 18.0 Å². The lowest BCUT2D eigenvalue weighted by Gasteiger charge is -2.31. The minimum atomic E-state index is -4.48. The van der Waals surface area contributed by atoms with Gasteiger partial charge in [0.15, 0.2) is 0 Å². The third-order valence-electron chi connectivity index (χ3n) is 6.39. The number of hydrogen-bond acceptors (Lipinski definition) is 3. The van der Waals surface area contributed by atoms with E-state index in [2.05, 4.69) is 4.98 Å². The fraction of sp³-hybridized carbons (Fsp3) is 0.500. The Bertz CT molecular complexity index is 1020. The smallest absolute Gasteiger partial charge is 0.356 e. The fourth-order valence-corrected chi connectivity index (χ4v) is 5.11. The third kappa shape index (κ3) is 5.57. The molecule has 1 aromatic heterocycles. The molecule has 33 heavy (non-hydrogen) atoms. The van der Waals surface area contributed by atoms with Gasteiger partial charge in [-0.1, -0.05) is 29.3 Å². The molecule has 9 heteroatoms. The topological polar surface area (TPSA) is 36.4 Å². The molecule has 2 aliphatic heterocycles. The standard InChI is InChI=1S/C24H26Cl2F3N3O/c25-19-8-9-20(26)18-15-32(14-11-17(18)19)22(33)6-4-5-16-7-10-21(24(27,28)29)30-23(16)31-12-2-1-3-13-31/h7-10H,1-6,11-15H2. The molecule has 2 aliphatic rings. The molecule has 3 heterocycles. The zero-order valence-electron chi connectivity index (χ0n) is 18.2. The summed E-state index contributed by atoms with van der Waals surface area (Å²) in [5, 5.41) is 1.27. The number of benzene rings is 1. The molecule has 0 bridgehead atoms. The van der Waals surface area contributed by atoms with Crippen molar-refractivity contribution < 1.29 is 18.0 Å². The zero-order valence-corrected chi connectivity index (χ0v) is 19.7. The molecule has 1 aromatic carbocycles. The van der Waals surface area contributed by atoms with Crippen molar-refractivity contribution in [3.05, 3.63) is 56.7 Å². The van der Waals surface area contributed by atoms with Crippen molar-refractivity contribution in [2.24, 2.45) is 0 Å². The number of rotatable bonds is 5. The van der Waals surface area contributed by atoms with Crippen molar-refractivity contribution in [3.63, 3.8) is 0 Å². The molecule has 4 nitrogen and oxygen atoms in total. The number of fused-ring (bicyclic) bond motifs is 1.